The first-order chi connectivity index (χ1) is 11.1. The molecule has 23 heavy (non-hydrogen) atoms. The van der Waals surface area contributed by atoms with E-state index in [1.54, 1.807) is 31.2 Å². The zero-order valence-electron chi connectivity index (χ0n) is 13.4. The van der Waals surface area contributed by atoms with Crippen LogP contribution in [0.25, 0.3) is 0 Å². The fourth-order valence-electron chi connectivity index (χ4n) is 1.93. The SMILES string of the molecule is COc1cc(OC)c(OC)cc1/C=N/NC(=O)c1ccc(C)o1. The maximum absolute atomic E-state index is 11.8. The summed E-state index contributed by atoms with van der Waals surface area (Å²) in [5, 5.41) is 3.91. The zero-order valence-corrected chi connectivity index (χ0v) is 13.4. The number of rotatable bonds is 6. The Kier molecular flexibility index (Phi) is 5.24. The van der Waals surface area contributed by atoms with Crippen molar-refractivity contribution in [3.63, 3.8) is 0 Å². The highest BCUT2D eigenvalue weighted by atomic mass is 16.5. The topological polar surface area (TPSA) is 82.3 Å². The van der Waals surface area contributed by atoms with E-state index < -0.39 is 5.91 Å². The molecular weight excluding hydrogens is 300 g/mol. The molecule has 1 heterocycles. The molecule has 0 saturated heterocycles. The number of furan rings is 1. The molecule has 1 amide bonds. The number of hydrazone groups is 1. The van der Waals surface area contributed by atoms with E-state index in [0.717, 1.165) is 0 Å². The van der Waals surface area contributed by atoms with Gasteiger partial charge in [-0.15, -0.1) is 0 Å². The van der Waals surface area contributed by atoms with Crippen LogP contribution in [0.4, 0.5) is 0 Å². The number of ether oxygens (including phenoxy) is 3. The van der Waals surface area contributed by atoms with Crippen LogP contribution in [-0.2, 0) is 0 Å². The van der Waals surface area contributed by atoms with Gasteiger partial charge in [-0.05, 0) is 25.1 Å². The van der Waals surface area contributed by atoms with E-state index in [-0.39, 0.29) is 5.76 Å². The molecule has 0 aliphatic carbocycles. The summed E-state index contributed by atoms with van der Waals surface area (Å²) in [6.07, 6.45) is 1.45. The first kappa shape index (κ1) is 16.4. The third-order valence-corrected chi connectivity index (χ3v) is 3.07. The van der Waals surface area contributed by atoms with Crippen molar-refractivity contribution in [3.8, 4) is 17.2 Å². The molecule has 1 aromatic heterocycles. The summed E-state index contributed by atoms with van der Waals surface area (Å²) in [4.78, 5) is 11.8. The number of amides is 1. The Morgan fingerprint density at radius 1 is 1.09 bits per heavy atom. The zero-order chi connectivity index (χ0) is 16.8. The number of nitrogens with zero attached hydrogens (tertiary/aromatic N) is 1. The van der Waals surface area contributed by atoms with Gasteiger partial charge in [-0.3, -0.25) is 4.79 Å². The Labute approximate surface area is 133 Å². The summed E-state index contributed by atoms with van der Waals surface area (Å²) >= 11 is 0. The maximum atomic E-state index is 11.8. The van der Waals surface area contributed by atoms with E-state index >= 15 is 0 Å². The molecule has 2 aromatic rings. The molecule has 0 aliphatic heterocycles. The van der Waals surface area contributed by atoms with E-state index in [1.165, 1.54) is 27.5 Å². The van der Waals surface area contributed by atoms with Crippen molar-refractivity contribution in [3.05, 3.63) is 41.3 Å². The second-order valence-corrected chi connectivity index (χ2v) is 4.56. The normalized spacial score (nSPS) is 10.6. The minimum Gasteiger partial charge on any atom is -0.496 e. The molecule has 0 atom stereocenters. The van der Waals surface area contributed by atoms with Crippen LogP contribution >= 0.6 is 0 Å². The minimum absolute atomic E-state index is 0.193. The van der Waals surface area contributed by atoms with Crippen LogP contribution in [0.3, 0.4) is 0 Å². The number of carbonyl (C=O) groups excluding carboxylic acids is 1. The quantitative estimate of drug-likeness (QED) is 0.653. The molecule has 2 rings (SSSR count). The minimum atomic E-state index is -0.436. The Bertz CT molecular complexity index is 721. The van der Waals surface area contributed by atoms with Crippen molar-refractivity contribution in [2.75, 3.05) is 21.3 Å². The average Bonchev–Trinajstić information content (AvgIpc) is 3.00. The van der Waals surface area contributed by atoms with Gasteiger partial charge in [0.1, 0.15) is 11.5 Å². The summed E-state index contributed by atoms with van der Waals surface area (Å²) in [7, 11) is 4.60. The predicted molar refractivity (Wildman–Crippen MR) is 84.6 cm³/mol. The van der Waals surface area contributed by atoms with Gasteiger partial charge in [0.25, 0.3) is 0 Å². The average molecular weight is 318 g/mol. The number of methoxy groups -OCH3 is 3. The molecule has 0 bridgehead atoms. The number of hydrogen-bond donors (Lipinski definition) is 1. The van der Waals surface area contributed by atoms with E-state index in [2.05, 4.69) is 10.5 Å². The van der Waals surface area contributed by atoms with Crippen LogP contribution in [0.1, 0.15) is 21.9 Å². The van der Waals surface area contributed by atoms with Crippen molar-refractivity contribution in [1.29, 1.82) is 0 Å². The standard InChI is InChI=1S/C16H18N2O5/c1-10-5-6-12(23-10)16(19)18-17-9-11-7-14(21-3)15(22-4)8-13(11)20-2/h5-9H,1-4H3,(H,18,19)/b17-9+. The molecule has 1 N–H and O–H groups in total. The largest absolute Gasteiger partial charge is 0.496 e. The van der Waals surface area contributed by atoms with Crippen molar-refractivity contribution in [2.24, 2.45) is 5.10 Å². The van der Waals surface area contributed by atoms with Gasteiger partial charge in [0.05, 0.1) is 27.5 Å². The summed E-state index contributed by atoms with van der Waals surface area (Å²) in [5.74, 6) is 2.02. The molecule has 122 valence electrons. The van der Waals surface area contributed by atoms with E-state index in [1.807, 2.05) is 0 Å². The highest BCUT2D eigenvalue weighted by Crippen LogP contribution is 2.33. The first-order valence-corrected chi connectivity index (χ1v) is 6.79. The Morgan fingerprint density at radius 3 is 2.30 bits per heavy atom. The lowest BCUT2D eigenvalue weighted by molar-refractivity contribution is 0.0926. The van der Waals surface area contributed by atoms with Crippen LogP contribution in [0, 0.1) is 6.92 Å². The Balaban J connectivity index is 2.16. The molecule has 0 radical (unpaired) electrons. The number of nitrogens with one attached hydrogen (secondary N) is 1. The molecule has 0 spiro atoms. The van der Waals surface area contributed by atoms with E-state index in [9.17, 15) is 4.79 Å². The second-order valence-electron chi connectivity index (χ2n) is 4.56. The fraction of sp³-hybridized carbons (Fsp3) is 0.250. The van der Waals surface area contributed by atoms with Crippen LogP contribution in [0.15, 0.2) is 33.8 Å². The van der Waals surface area contributed by atoms with Gasteiger partial charge in [-0.2, -0.15) is 5.10 Å². The van der Waals surface area contributed by atoms with Crippen molar-refractivity contribution in [1.82, 2.24) is 5.43 Å². The van der Waals surface area contributed by atoms with Gasteiger partial charge in [-0.1, -0.05) is 0 Å². The molecule has 0 unspecified atom stereocenters. The Morgan fingerprint density at radius 2 is 1.74 bits per heavy atom. The predicted octanol–water partition coefficient (Wildman–Crippen LogP) is 2.38. The fourth-order valence-corrected chi connectivity index (χ4v) is 1.93. The highest BCUT2D eigenvalue weighted by Gasteiger charge is 2.11. The number of benzene rings is 1. The monoisotopic (exact) mass is 318 g/mol. The highest BCUT2D eigenvalue weighted by molar-refractivity contribution is 5.93. The van der Waals surface area contributed by atoms with Gasteiger partial charge in [0.15, 0.2) is 17.3 Å². The molecule has 1 aromatic carbocycles. The molecule has 7 heteroatoms. The van der Waals surface area contributed by atoms with Crippen LogP contribution in [0.5, 0.6) is 17.2 Å². The molecular formula is C16H18N2O5. The number of aryl methyl sites for hydroxylation is 1. The third-order valence-electron chi connectivity index (χ3n) is 3.07. The first-order valence-electron chi connectivity index (χ1n) is 6.79. The van der Waals surface area contributed by atoms with Crippen molar-refractivity contribution >= 4 is 12.1 Å². The summed E-state index contributed by atoms with van der Waals surface area (Å²) in [5.41, 5.74) is 3.01. The number of hydrogen-bond acceptors (Lipinski definition) is 6. The van der Waals surface area contributed by atoms with E-state index in [0.29, 0.717) is 28.6 Å². The molecule has 0 aliphatic rings. The van der Waals surface area contributed by atoms with Gasteiger partial charge in [0, 0.05) is 11.6 Å². The molecule has 7 nitrogen and oxygen atoms in total. The Hall–Kier alpha value is -2.96. The summed E-state index contributed by atoms with van der Waals surface area (Å²) in [6.45, 7) is 1.76. The van der Waals surface area contributed by atoms with Crippen molar-refractivity contribution < 1.29 is 23.4 Å². The lowest BCUT2D eigenvalue weighted by atomic mass is 10.2. The van der Waals surface area contributed by atoms with E-state index in [4.69, 9.17) is 18.6 Å². The second kappa shape index (κ2) is 7.35. The smallest absolute Gasteiger partial charge is 0.307 e. The summed E-state index contributed by atoms with van der Waals surface area (Å²) in [6, 6.07) is 6.66. The number of carbonyl (C=O) groups is 1. The lowest BCUT2D eigenvalue weighted by Crippen LogP contribution is -2.16. The lowest BCUT2D eigenvalue weighted by Gasteiger charge is -2.11. The third kappa shape index (κ3) is 3.82. The van der Waals surface area contributed by atoms with Gasteiger partial charge < -0.3 is 18.6 Å². The molecule has 0 saturated carbocycles. The van der Waals surface area contributed by atoms with Gasteiger partial charge in [-0.25, -0.2) is 5.43 Å². The molecule has 0 fully saturated rings. The van der Waals surface area contributed by atoms with Crippen LogP contribution in [0.2, 0.25) is 0 Å². The van der Waals surface area contributed by atoms with Gasteiger partial charge >= 0.3 is 5.91 Å². The van der Waals surface area contributed by atoms with Crippen LogP contribution < -0.4 is 19.6 Å². The summed E-state index contributed by atoms with van der Waals surface area (Å²) < 4.78 is 20.9. The maximum Gasteiger partial charge on any atom is 0.307 e. The van der Waals surface area contributed by atoms with Crippen molar-refractivity contribution in [2.45, 2.75) is 6.92 Å². The van der Waals surface area contributed by atoms with Gasteiger partial charge in [0.2, 0.25) is 0 Å². The van der Waals surface area contributed by atoms with Crippen LogP contribution in [-0.4, -0.2) is 33.5 Å².